The predicted octanol–water partition coefficient (Wildman–Crippen LogP) is 6.01. The van der Waals surface area contributed by atoms with Crippen molar-refractivity contribution in [2.24, 2.45) is 5.41 Å². The molecule has 2 saturated heterocycles. The quantitative estimate of drug-likeness (QED) is 0.325. The van der Waals surface area contributed by atoms with Gasteiger partial charge in [0.1, 0.15) is 27.6 Å². The van der Waals surface area contributed by atoms with Crippen LogP contribution in [0.2, 0.25) is 5.02 Å². The van der Waals surface area contributed by atoms with Crippen molar-refractivity contribution in [3.8, 4) is 0 Å². The SMILES string of the molecule is C[C@@H]1OCC2(CCN(c3cnc(Sc4ccc5c(C(=O)O)nn(C(=O)OC(C)(C)C)c5c4Cl)cn3)CC2)[C@@H]1NC(=O)OC(C)(C)C. The Hall–Kier alpha value is -3.62. The highest BCUT2D eigenvalue weighted by Gasteiger charge is 2.50. The third-order valence-corrected chi connectivity index (χ3v) is 9.34. The average molecular weight is 675 g/mol. The maximum Gasteiger partial charge on any atom is 0.435 e. The zero-order valence-electron chi connectivity index (χ0n) is 26.9. The summed E-state index contributed by atoms with van der Waals surface area (Å²) in [4.78, 5) is 49.3. The van der Waals surface area contributed by atoms with Gasteiger partial charge in [0.15, 0.2) is 5.69 Å². The van der Waals surface area contributed by atoms with Gasteiger partial charge in [0.05, 0.1) is 36.2 Å². The maximum atomic E-state index is 12.9. The van der Waals surface area contributed by atoms with E-state index in [2.05, 4.69) is 25.3 Å². The Kier molecular flexibility index (Phi) is 9.19. The highest BCUT2D eigenvalue weighted by Crippen LogP contribution is 2.43. The highest BCUT2D eigenvalue weighted by atomic mass is 35.5. The molecule has 2 N–H and O–H groups in total. The number of aromatic nitrogens is 4. The molecule has 2 atom stereocenters. The van der Waals surface area contributed by atoms with E-state index in [0.29, 0.717) is 29.6 Å². The number of piperidine rings is 1. The van der Waals surface area contributed by atoms with Gasteiger partial charge in [0.25, 0.3) is 0 Å². The van der Waals surface area contributed by atoms with Crippen LogP contribution in [0, 0.1) is 5.41 Å². The smallest absolute Gasteiger partial charge is 0.435 e. The van der Waals surface area contributed by atoms with E-state index in [9.17, 15) is 19.5 Å². The van der Waals surface area contributed by atoms with E-state index in [-0.39, 0.29) is 39.2 Å². The van der Waals surface area contributed by atoms with Crippen LogP contribution in [0.15, 0.2) is 34.4 Å². The van der Waals surface area contributed by atoms with Gasteiger partial charge < -0.3 is 29.5 Å². The standard InChI is InChI=1S/C31H39ClN6O7S/c1-17-25(35-27(41)44-29(2,3)4)31(16-43-17)10-12-37(13-11-31)20-14-34-21(15-33-20)46-19-9-8-18-23(26(39)40)36-38(24(18)22(19)32)28(42)45-30(5,6)7/h8-9,14-15,17,25H,10-13,16H2,1-7H3,(H,35,41)(H,39,40)/t17-,25+/m0/s1. The molecule has 1 amide bonds. The number of hydrogen-bond donors (Lipinski definition) is 2. The molecule has 0 aliphatic carbocycles. The zero-order chi connectivity index (χ0) is 33.6. The van der Waals surface area contributed by atoms with Gasteiger partial charge in [-0.1, -0.05) is 23.4 Å². The summed E-state index contributed by atoms with van der Waals surface area (Å²) in [5.74, 6) is -0.572. The van der Waals surface area contributed by atoms with Crippen LogP contribution in [-0.4, -0.2) is 86.1 Å². The van der Waals surface area contributed by atoms with E-state index in [1.54, 1.807) is 45.3 Å². The number of halogens is 1. The second kappa shape index (κ2) is 12.5. The Morgan fingerprint density at radius 2 is 1.74 bits per heavy atom. The normalized spacial score (nSPS) is 19.8. The number of nitrogens with one attached hydrogen (secondary N) is 1. The van der Waals surface area contributed by atoms with Gasteiger partial charge in [-0.15, -0.1) is 0 Å². The van der Waals surface area contributed by atoms with Crippen molar-refractivity contribution in [2.75, 3.05) is 24.6 Å². The van der Waals surface area contributed by atoms with Gasteiger partial charge in [-0.25, -0.2) is 24.4 Å². The molecule has 0 radical (unpaired) electrons. The Balaban J connectivity index is 1.29. The van der Waals surface area contributed by atoms with Crippen LogP contribution in [0.25, 0.3) is 10.9 Å². The predicted molar refractivity (Wildman–Crippen MR) is 172 cm³/mol. The van der Waals surface area contributed by atoms with Gasteiger partial charge in [-0.05, 0) is 73.4 Å². The van der Waals surface area contributed by atoms with Gasteiger partial charge in [0, 0.05) is 28.8 Å². The number of ether oxygens (including phenoxy) is 3. The van der Waals surface area contributed by atoms with Crippen molar-refractivity contribution in [1.29, 1.82) is 0 Å². The highest BCUT2D eigenvalue weighted by molar-refractivity contribution is 7.99. The summed E-state index contributed by atoms with van der Waals surface area (Å²) in [6, 6.07) is 3.06. The number of carbonyl (C=O) groups is 3. The molecular formula is C31H39ClN6O7S. The van der Waals surface area contributed by atoms with Crippen LogP contribution in [0.5, 0.6) is 0 Å². The largest absolute Gasteiger partial charge is 0.476 e. The van der Waals surface area contributed by atoms with E-state index >= 15 is 0 Å². The Bertz CT molecular complexity index is 1640. The summed E-state index contributed by atoms with van der Waals surface area (Å²) < 4.78 is 17.8. The lowest BCUT2D eigenvalue weighted by Gasteiger charge is -2.42. The maximum absolute atomic E-state index is 12.9. The number of carbonyl (C=O) groups excluding carboxylic acids is 2. The van der Waals surface area contributed by atoms with Crippen molar-refractivity contribution in [3.05, 3.63) is 35.2 Å². The van der Waals surface area contributed by atoms with Crippen molar-refractivity contribution < 1.29 is 33.7 Å². The number of hydrogen-bond acceptors (Lipinski definition) is 11. The number of aromatic carboxylic acids is 1. The fraction of sp³-hybridized carbons (Fsp3) is 0.548. The number of amides is 1. The number of rotatable bonds is 5. The Labute approximate surface area is 276 Å². The molecule has 2 aromatic heterocycles. The number of fused-ring (bicyclic) bond motifs is 1. The second-order valence-corrected chi connectivity index (χ2v) is 15.1. The first kappa shape index (κ1) is 33.7. The van der Waals surface area contributed by atoms with E-state index in [0.717, 1.165) is 23.3 Å². The molecule has 5 rings (SSSR count). The van der Waals surface area contributed by atoms with Gasteiger partial charge >= 0.3 is 18.2 Å². The van der Waals surface area contributed by atoms with Crippen molar-refractivity contribution in [3.63, 3.8) is 0 Å². The van der Waals surface area contributed by atoms with E-state index in [4.69, 9.17) is 25.8 Å². The number of alkyl carbamates (subject to hydrolysis) is 1. The first-order valence-electron chi connectivity index (χ1n) is 15.0. The lowest BCUT2D eigenvalue weighted by molar-refractivity contribution is 0.0432. The van der Waals surface area contributed by atoms with E-state index < -0.39 is 29.4 Å². The average Bonchev–Trinajstić information content (AvgIpc) is 3.49. The summed E-state index contributed by atoms with van der Waals surface area (Å²) >= 11 is 7.97. The molecule has 46 heavy (non-hydrogen) atoms. The van der Waals surface area contributed by atoms with Crippen molar-refractivity contribution in [2.45, 2.75) is 94.6 Å². The molecule has 0 bridgehead atoms. The lowest BCUT2D eigenvalue weighted by Crippen LogP contribution is -2.55. The molecule has 13 nitrogen and oxygen atoms in total. The Morgan fingerprint density at radius 1 is 1.07 bits per heavy atom. The monoisotopic (exact) mass is 674 g/mol. The zero-order valence-corrected chi connectivity index (χ0v) is 28.5. The van der Waals surface area contributed by atoms with Crippen molar-refractivity contribution >= 4 is 58.2 Å². The van der Waals surface area contributed by atoms with Crippen LogP contribution in [0.4, 0.5) is 15.4 Å². The molecule has 2 aliphatic rings. The van der Waals surface area contributed by atoms with Crippen LogP contribution in [-0.2, 0) is 14.2 Å². The molecule has 2 aliphatic heterocycles. The van der Waals surface area contributed by atoms with Gasteiger partial charge in [0.2, 0.25) is 0 Å². The number of carboxylic acids is 1. The molecule has 0 saturated carbocycles. The molecule has 248 valence electrons. The van der Waals surface area contributed by atoms with Crippen LogP contribution < -0.4 is 10.2 Å². The molecule has 4 heterocycles. The van der Waals surface area contributed by atoms with Crippen LogP contribution >= 0.6 is 23.4 Å². The number of benzene rings is 1. The fourth-order valence-corrected chi connectivity index (χ4v) is 6.90. The Morgan fingerprint density at radius 3 is 2.33 bits per heavy atom. The minimum Gasteiger partial charge on any atom is -0.476 e. The minimum atomic E-state index is -1.29. The topological polar surface area (TPSA) is 158 Å². The number of nitrogens with zero attached hydrogens (tertiary/aromatic N) is 5. The summed E-state index contributed by atoms with van der Waals surface area (Å²) in [7, 11) is 0. The molecular weight excluding hydrogens is 636 g/mol. The van der Waals surface area contributed by atoms with E-state index in [1.807, 2.05) is 27.7 Å². The molecule has 1 aromatic carbocycles. The molecule has 0 unspecified atom stereocenters. The van der Waals surface area contributed by atoms with Gasteiger partial charge in [-0.2, -0.15) is 9.78 Å². The lowest BCUT2D eigenvalue weighted by atomic mass is 9.73. The molecule has 15 heteroatoms. The minimum absolute atomic E-state index is 0.125. The number of anilines is 1. The summed E-state index contributed by atoms with van der Waals surface area (Å²) in [5.41, 5.74) is -1.78. The summed E-state index contributed by atoms with van der Waals surface area (Å²) in [6.45, 7) is 14.6. The summed E-state index contributed by atoms with van der Waals surface area (Å²) in [5, 5.41) is 17.6. The molecule has 2 fully saturated rings. The third kappa shape index (κ3) is 7.18. The van der Waals surface area contributed by atoms with Gasteiger partial charge in [-0.3, -0.25) is 0 Å². The third-order valence-electron chi connectivity index (χ3n) is 7.86. The first-order chi connectivity index (χ1) is 21.5. The summed E-state index contributed by atoms with van der Waals surface area (Å²) in [6.07, 6.45) is 3.54. The van der Waals surface area contributed by atoms with E-state index in [1.165, 1.54) is 11.8 Å². The van der Waals surface area contributed by atoms with Crippen LogP contribution in [0.3, 0.4) is 0 Å². The van der Waals surface area contributed by atoms with Crippen LogP contribution in [0.1, 0.15) is 71.8 Å². The first-order valence-corrected chi connectivity index (χ1v) is 16.2. The molecule has 1 spiro atoms. The second-order valence-electron chi connectivity index (χ2n) is 13.6. The fourth-order valence-electron chi connectivity index (χ4n) is 5.78. The van der Waals surface area contributed by atoms with Crippen molar-refractivity contribution in [1.82, 2.24) is 25.1 Å². The molecule has 3 aromatic rings. The number of carboxylic acid groups (broad SMARTS) is 1.